The van der Waals surface area contributed by atoms with E-state index in [-0.39, 0.29) is 99.7 Å². The molecule has 0 bridgehead atoms. The molecule has 22 heteroatoms. The average Bonchev–Trinajstić information content (AvgIpc) is 2.50. The molecule has 0 saturated carbocycles. The van der Waals surface area contributed by atoms with Gasteiger partial charge in [-0.25, -0.2) is 33.7 Å². The minimum Gasteiger partial charge on any atom is -0.744 e. The molecule has 166 valence electrons. The van der Waals surface area contributed by atoms with Crippen LogP contribution in [-0.2, 0) is 40.5 Å². The first-order valence-electron chi connectivity index (χ1n) is 6.75. The summed E-state index contributed by atoms with van der Waals surface area (Å²) >= 11 is 11.0. The van der Waals surface area contributed by atoms with Gasteiger partial charge in [0.1, 0.15) is 40.5 Å². The molecule has 0 radical (unpaired) electrons. The molecule has 0 heterocycles. The van der Waals surface area contributed by atoms with Gasteiger partial charge in [-0.1, -0.05) is 23.2 Å². The van der Waals surface area contributed by atoms with E-state index in [1.165, 1.54) is 0 Å². The fraction of sp³-hybridized carbons (Fsp3) is 0. The number of hydrogen-bond donors (Lipinski definition) is 0. The van der Waals surface area contributed by atoms with Gasteiger partial charge in [-0.3, -0.25) is 0 Å². The van der Waals surface area contributed by atoms with Crippen molar-refractivity contribution in [3.63, 3.8) is 0 Å². The van der Waals surface area contributed by atoms with E-state index in [0.717, 1.165) is 0 Å². The summed E-state index contributed by atoms with van der Waals surface area (Å²) in [6.07, 6.45) is 0. The maximum absolute atomic E-state index is 11.7. The van der Waals surface area contributed by atoms with E-state index < -0.39 is 81.2 Å². The minimum absolute atomic E-state index is 0. The predicted molar refractivity (Wildman–Crippen MR) is 93.8 cm³/mol. The fourth-order valence-corrected chi connectivity index (χ4v) is 6.15. The zero-order valence-electron chi connectivity index (χ0n) is 17.6. The second kappa shape index (κ2) is 13.2. The van der Waals surface area contributed by atoms with Crippen LogP contribution in [-0.4, -0.2) is 51.9 Å². The number of halogens is 2. The molecule has 0 atom stereocenters. The molecule has 2 aromatic rings. The molecule has 0 saturated heterocycles. The Hall–Kier alpha value is 1.05. The van der Waals surface area contributed by atoms with Crippen molar-refractivity contribution >= 4 is 63.7 Å². The molecule has 2 rings (SSSR count). The van der Waals surface area contributed by atoms with Crippen molar-refractivity contribution < 1.29 is 127 Å². The standard InChI is InChI=1S/C12H8Cl2O12S4.4Li/c13-5-1-7(27(15,16)17)11(8(2-5)28(18,19)20)12-9(29(21,22)23)3-6(14)4-10(12)30(24,25)26;;;;/h1-4H,(H,15,16,17)(H,18,19,20)(H,21,22,23)(H,24,25,26);;;;/q;4*+1/p-4. The van der Waals surface area contributed by atoms with E-state index in [2.05, 4.69) is 0 Å². The average molecular weight is 567 g/mol. The molecule has 34 heavy (non-hydrogen) atoms. The summed E-state index contributed by atoms with van der Waals surface area (Å²) in [5.41, 5.74) is -3.27. The minimum atomic E-state index is -5.79. The summed E-state index contributed by atoms with van der Waals surface area (Å²) in [6, 6.07) is 1.08. The molecule has 0 aromatic heterocycles. The number of benzene rings is 2. The summed E-state index contributed by atoms with van der Waals surface area (Å²) in [7, 11) is -23.1. The van der Waals surface area contributed by atoms with Crippen LogP contribution < -0.4 is 75.4 Å². The van der Waals surface area contributed by atoms with Crippen molar-refractivity contribution in [2.75, 3.05) is 0 Å². The van der Waals surface area contributed by atoms with Gasteiger partial charge in [-0.2, -0.15) is 0 Å². The molecule has 0 unspecified atom stereocenters. The predicted octanol–water partition coefficient (Wildman–Crippen LogP) is -11.7. The van der Waals surface area contributed by atoms with E-state index in [1.54, 1.807) is 0 Å². The third kappa shape index (κ3) is 9.11. The Morgan fingerprint density at radius 1 is 0.441 bits per heavy atom. The Morgan fingerprint density at radius 2 is 0.588 bits per heavy atom. The first-order chi connectivity index (χ1) is 13.2. The van der Waals surface area contributed by atoms with Crippen LogP contribution in [0.1, 0.15) is 0 Å². The van der Waals surface area contributed by atoms with E-state index in [1.807, 2.05) is 0 Å². The van der Waals surface area contributed by atoms with Crippen LogP contribution in [0.15, 0.2) is 43.8 Å². The Kier molecular flexibility index (Phi) is 15.4. The first-order valence-corrected chi connectivity index (χ1v) is 13.1. The quantitative estimate of drug-likeness (QED) is 0.242. The van der Waals surface area contributed by atoms with E-state index >= 15 is 0 Å². The molecule has 0 N–H and O–H groups in total. The largest absolute Gasteiger partial charge is 1.00 e. The van der Waals surface area contributed by atoms with E-state index in [4.69, 9.17) is 23.2 Å². The molecular weight excluding hydrogens is 563 g/mol. The Labute approximate surface area is 253 Å². The first kappa shape index (κ1) is 39.6. The Morgan fingerprint density at radius 3 is 0.706 bits per heavy atom. The van der Waals surface area contributed by atoms with Gasteiger partial charge in [0.25, 0.3) is 0 Å². The second-order valence-electron chi connectivity index (χ2n) is 5.37. The second-order valence-corrected chi connectivity index (χ2v) is 11.6. The van der Waals surface area contributed by atoms with Crippen LogP contribution in [0.25, 0.3) is 11.1 Å². The topological polar surface area (TPSA) is 229 Å². The third-order valence-electron chi connectivity index (χ3n) is 3.39. The SMILES string of the molecule is O=S(=O)([O-])c1cc(Cl)cc(S(=O)(=O)[O-])c1-c1c(S(=O)(=O)[O-])cc(Cl)cc1S(=O)(=O)[O-].[Li+].[Li+].[Li+].[Li+]. The van der Waals surface area contributed by atoms with Gasteiger partial charge < -0.3 is 18.2 Å². The van der Waals surface area contributed by atoms with Gasteiger partial charge in [-0.05, 0) is 24.3 Å². The number of hydrogen-bond acceptors (Lipinski definition) is 12. The monoisotopic (exact) mass is 566 g/mol. The molecule has 0 amide bonds. The van der Waals surface area contributed by atoms with Crippen molar-refractivity contribution in [2.45, 2.75) is 19.6 Å². The zero-order chi connectivity index (χ0) is 23.4. The van der Waals surface area contributed by atoms with Crippen LogP contribution >= 0.6 is 23.2 Å². The van der Waals surface area contributed by atoms with E-state index in [9.17, 15) is 51.9 Å². The van der Waals surface area contributed by atoms with Crippen molar-refractivity contribution in [3.05, 3.63) is 34.3 Å². The van der Waals surface area contributed by atoms with E-state index in [0.29, 0.717) is 0 Å². The third-order valence-corrected chi connectivity index (χ3v) is 7.27. The smallest absolute Gasteiger partial charge is 0.744 e. The molecule has 0 fully saturated rings. The summed E-state index contributed by atoms with van der Waals surface area (Å²) in [5, 5.41) is -1.62. The molecule has 0 aliphatic rings. The molecular formula is C12H4Cl2Li4O12S4. The van der Waals surface area contributed by atoms with Crippen molar-refractivity contribution in [3.8, 4) is 11.1 Å². The van der Waals surface area contributed by atoms with Gasteiger partial charge in [0.05, 0.1) is 19.6 Å². The normalized spacial score (nSPS) is 11.8. The molecule has 2 aromatic carbocycles. The van der Waals surface area contributed by atoms with Gasteiger partial charge >= 0.3 is 75.4 Å². The maximum Gasteiger partial charge on any atom is 1.00 e. The fourth-order valence-electron chi connectivity index (χ4n) is 2.40. The van der Waals surface area contributed by atoms with Crippen LogP contribution in [0.5, 0.6) is 0 Å². The molecule has 12 nitrogen and oxygen atoms in total. The Bertz CT molecular complexity index is 1290. The summed E-state index contributed by atoms with van der Waals surface area (Å²) in [4.78, 5) is -6.72. The Balaban J connectivity index is -0.00000240. The van der Waals surface area contributed by atoms with Crippen molar-refractivity contribution in [1.29, 1.82) is 0 Å². The summed E-state index contributed by atoms with van der Waals surface area (Å²) in [6.45, 7) is 0. The van der Waals surface area contributed by atoms with Crippen LogP contribution in [0.2, 0.25) is 10.0 Å². The van der Waals surface area contributed by atoms with Crippen LogP contribution in [0.4, 0.5) is 0 Å². The number of rotatable bonds is 5. The van der Waals surface area contributed by atoms with Gasteiger partial charge in [0, 0.05) is 21.2 Å². The molecule has 0 spiro atoms. The van der Waals surface area contributed by atoms with Crippen LogP contribution in [0.3, 0.4) is 0 Å². The van der Waals surface area contributed by atoms with Gasteiger partial charge in [0.2, 0.25) is 0 Å². The van der Waals surface area contributed by atoms with Gasteiger partial charge in [0.15, 0.2) is 0 Å². The van der Waals surface area contributed by atoms with Gasteiger partial charge in [-0.15, -0.1) is 0 Å². The van der Waals surface area contributed by atoms with Crippen LogP contribution in [0, 0.1) is 0 Å². The zero-order valence-corrected chi connectivity index (χ0v) is 22.4. The summed E-state index contributed by atoms with van der Waals surface area (Å²) in [5.74, 6) is 0. The van der Waals surface area contributed by atoms with Crippen molar-refractivity contribution in [2.24, 2.45) is 0 Å². The molecule has 0 aliphatic heterocycles. The maximum atomic E-state index is 11.7. The molecule has 0 aliphatic carbocycles. The summed E-state index contributed by atoms with van der Waals surface area (Å²) < 4.78 is 140. The van der Waals surface area contributed by atoms with Crippen molar-refractivity contribution in [1.82, 2.24) is 0 Å².